The van der Waals surface area contributed by atoms with Crippen LogP contribution >= 0.6 is 0 Å². The first-order valence-electron chi connectivity index (χ1n) is 1.66. The van der Waals surface area contributed by atoms with Gasteiger partial charge in [0.15, 0.2) is 0 Å². The van der Waals surface area contributed by atoms with E-state index in [9.17, 15) is 8.42 Å². The Hall–Kier alpha value is 1.51. The third kappa shape index (κ3) is 10.5. The molecule has 6 heteroatoms. The van der Waals surface area contributed by atoms with E-state index in [1.54, 1.807) is 0 Å². The molecule has 0 aliphatic heterocycles. The Labute approximate surface area is 91.0 Å². The molecule has 0 aromatic rings. The molecule has 0 aromatic carbocycles. The minimum atomic E-state index is -3.86. The van der Waals surface area contributed by atoms with Crippen LogP contribution in [0.5, 0.6) is 0 Å². The Bertz CT molecular complexity index is 130. The van der Waals surface area contributed by atoms with Gasteiger partial charge in [0.25, 0.3) is 10.1 Å². The van der Waals surface area contributed by atoms with E-state index in [1.807, 2.05) is 0 Å². The van der Waals surface area contributed by atoms with Gasteiger partial charge in [-0.2, -0.15) is 8.42 Å². The van der Waals surface area contributed by atoms with Crippen molar-refractivity contribution in [1.29, 1.82) is 0 Å². The molecule has 0 aromatic heterocycles. The Morgan fingerprint density at radius 3 is 1.88 bits per heavy atom. The molecule has 4 nitrogen and oxygen atoms in total. The number of hydrogen-bond donors (Lipinski definition) is 1. The van der Waals surface area contributed by atoms with Crippen LogP contribution in [0.4, 0.5) is 0 Å². The third-order valence-corrected chi connectivity index (χ3v) is 1.08. The van der Waals surface area contributed by atoms with E-state index in [0.717, 1.165) is 0 Å². The van der Waals surface area contributed by atoms with Gasteiger partial charge in [-0.15, -0.1) is 6.54 Å². The van der Waals surface area contributed by atoms with Gasteiger partial charge in [-0.1, -0.05) is 0 Å². The summed E-state index contributed by atoms with van der Waals surface area (Å²) in [5.74, 6) is -0.465. The van der Waals surface area contributed by atoms with Gasteiger partial charge in [0.2, 0.25) is 0 Å². The average Bonchev–Trinajstić information content (AvgIpc) is 1.30. The minimum Gasteiger partial charge on any atom is -0.677 e. The topological polar surface area (TPSA) is 78.2 Å². The molecule has 0 rings (SSSR count). The van der Waals surface area contributed by atoms with Crippen LogP contribution in [-0.4, -0.2) is 25.3 Å². The first-order chi connectivity index (χ1) is 3.06. The van der Waals surface area contributed by atoms with Crippen molar-refractivity contribution < 1.29 is 64.4 Å². The quantitative estimate of drug-likeness (QED) is 0.346. The smallest absolute Gasteiger partial charge is 0.677 e. The molecule has 0 amide bonds. The van der Waals surface area contributed by atoms with E-state index in [1.165, 1.54) is 0 Å². The molecule has 0 unspecified atom stereocenters. The summed E-state index contributed by atoms with van der Waals surface area (Å²) in [4.78, 5) is 0. The van der Waals surface area contributed by atoms with Gasteiger partial charge in [0, 0.05) is 0 Å². The molecule has 0 heterocycles. The maximum Gasteiger partial charge on any atom is 1.00 e. The van der Waals surface area contributed by atoms with Crippen LogP contribution in [0.15, 0.2) is 0 Å². The molecule has 2 N–H and O–H groups in total. The summed E-state index contributed by atoms with van der Waals surface area (Å²) in [6.07, 6.45) is 0. The summed E-state index contributed by atoms with van der Waals surface area (Å²) in [5.41, 5.74) is 6.32. The first-order valence-corrected chi connectivity index (χ1v) is 3.27. The van der Waals surface area contributed by atoms with E-state index < -0.39 is 15.9 Å². The number of nitrogens with one attached hydrogen (secondary N) is 1. The molecule has 0 spiro atoms. The van der Waals surface area contributed by atoms with E-state index in [2.05, 4.69) is 0 Å². The predicted octanol–water partition coefficient (Wildman–Crippen LogP) is -3.07. The van der Waals surface area contributed by atoms with Gasteiger partial charge in [0.1, 0.15) is 0 Å². The third-order valence-electron chi connectivity index (χ3n) is 0.360. The van der Waals surface area contributed by atoms with Crippen LogP contribution in [0.25, 0.3) is 5.73 Å². The maximum atomic E-state index is 9.67. The monoisotopic (exact) mass is 163 g/mol. The first kappa shape index (κ1) is 12.2. The second-order valence-corrected chi connectivity index (χ2v) is 2.61. The van der Waals surface area contributed by atoms with Crippen molar-refractivity contribution in [2.45, 2.75) is 0 Å². The second kappa shape index (κ2) is 5.30. The fourth-order valence-corrected chi connectivity index (χ4v) is 0.387. The normalized spacial score (nSPS) is 10.2. The number of hydrogen-bond acceptors (Lipinski definition) is 2. The zero-order valence-corrected chi connectivity index (χ0v) is 8.53. The van der Waals surface area contributed by atoms with Crippen molar-refractivity contribution in [1.82, 2.24) is 0 Å². The molecule has 0 radical (unpaired) electrons. The largest absolute Gasteiger partial charge is 1.00 e. The van der Waals surface area contributed by atoms with Gasteiger partial charge >= 0.3 is 51.4 Å². The standard InChI is InChI=1S/C2H6NO3S.K/c3-1-2-7(4,5)6;/h3H,1-2H2,(H,4,5,6);/q-1;+1. The Balaban J connectivity index is 0. The summed E-state index contributed by atoms with van der Waals surface area (Å²) in [6, 6.07) is 0. The van der Waals surface area contributed by atoms with E-state index in [0.29, 0.717) is 0 Å². The van der Waals surface area contributed by atoms with Crippen LogP contribution in [0, 0.1) is 0 Å². The Morgan fingerprint density at radius 2 is 1.88 bits per heavy atom. The van der Waals surface area contributed by atoms with Crippen LogP contribution in [0.3, 0.4) is 0 Å². The van der Waals surface area contributed by atoms with Gasteiger partial charge < -0.3 is 5.73 Å². The zero-order chi connectivity index (χ0) is 5.91. The van der Waals surface area contributed by atoms with Crippen LogP contribution in [0.2, 0.25) is 0 Å². The van der Waals surface area contributed by atoms with E-state index >= 15 is 0 Å². The van der Waals surface area contributed by atoms with Crippen LogP contribution in [-0.2, 0) is 10.1 Å². The fourth-order valence-electron chi connectivity index (χ4n) is 0.129. The minimum absolute atomic E-state index is 0. The molecule has 0 bridgehead atoms. The number of rotatable bonds is 2. The van der Waals surface area contributed by atoms with Crippen molar-refractivity contribution in [2.24, 2.45) is 0 Å². The molecule has 0 aliphatic rings. The molecule has 8 heavy (non-hydrogen) atoms. The average molecular weight is 163 g/mol. The van der Waals surface area contributed by atoms with E-state index in [4.69, 9.17) is 10.3 Å². The Kier molecular flexibility index (Phi) is 8.09. The van der Waals surface area contributed by atoms with Crippen molar-refractivity contribution in [2.75, 3.05) is 12.3 Å². The molecule has 0 fully saturated rings. The molecule has 0 aliphatic carbocycles. The molecule has 0 saturated heterocycles. The summed E-state index contributed by atoms with van der Waals surface area (Å²) in [7, 11) is -3.86. The predicted molar refractivity (Wildman–Crippen MR) is 25.6 cm³/mol. The molecule has 44 valence electrons. The summed E-state index contributed by atoms with van der Waals surface area (Å²) < 4.78 is 27.2. The SMILES string of the molecule is [K+].[NH-]CCS(=O)(=O)O. The van der Waals surface area contributed by atoms with Gasteiger partial charge in [-0.3, -0.25) is 4.55 Å². The summed E-state index contributed by atoms with van der Waals surface area (Å²) in [5, 5.41) is 0. The van der Waals surface area contributed by atoms with Crippen molar-refractivity contribution in [3.63, 3.8) is 0 Å². The van der Waals surface area contributed by atoms with Gasteiger partial charge in [-0.05, 0) is 0 Å². The zero-order valence-electron chi connectivity index (χ0n) is 4.59. The van der Waals surface area contributed by atoms with Gasteiger partial charge in [-0.25, -0.2) is 0 Å². The van der Waals surface area contributed by atoms with Crippen molar-refractivity contribution in [3.8, 4) is 0 Å². The Morgan fingerprint density at radius 1 is 1.50 bits per heavy atom. The molecule has 0 atom stereocenters. The summed E-state index contributed by atoms with van der Waals surface area (Å²) >= 11 is 0. The van der Waals surface area contributed by atoms with Crippen molar-refractivity contribution >= 4 is 10.1 Å². The second-order valence-electron chi connectivity index (χ2n) is 1.04. The van der Waals surface area contributed by atoms with Crippen LogP contribution < -0.4 is 51.4 Å². The molecule has 0 saturated carbocycles. The van der Waals surface area contributed by atoms with E-state index in [-0.39, 0.29) is 57.9 Å². The summed E-state index contributed by atoms with van der Waals surface area (Å²) in [6.45, 7) is -0.279. The maximum absolute atomic E-state index is 9.67. The molecular weight excluding hydrogens is 157 g/mol. The van der Waals surface area contributed by atoms with Gasteiger partial charge in [0.05, 0.1) is 5.75 Å². The van der Waals surface area contributed by atoms with Crippen LogP contribution in [0.1, 0.15) is 0 Å². The van der Waals surface area contributed by atoms with Crippen molar-refractivity contribution in [3.05, 3.63) is 5.73 Å². The molecular formula is C2H6KNO3S. The fraction of sp³-hybridized carbons (Fsp3) is 1.00.